The number of hydrogen-bond acceptors (Lipinski definition) is 2. The number of hydrogen-bond donors (Lipinski definition) is 1. The predicted octanol–water partition coefficient (Wildman–Crippen LogP) is 4.89. The molecule has 2 aromatic carbocycles. The van der Waals surface area contributed by atoms with Gasteiger partial charge in [-0.15, -0.1) is 12.4 Å². The van der Waals surface area contributed by atoms with Crippen molar-refractivity contribution < 1.29 is 4.79 Å². The summed E-state index contributed by atoms with van der Waals surface area (Å²) >= 11 is 0. The Morgan fingerprint density at radius 1 is 1.03 bits per heavy atom. The number of halogens is 1. The number of aromatic amines is 1. The zero-order chi connectivity index (χ0) is 20.3. The van der Waals surface area contributed by atoms with Crippen molar-refractivity contribution in [1.29, 1.82) is 0 Å². The summed E-state index contributed by atoms with van der Waals surface area (Å²) in [5, 5.41) is 1.16. The first-order valence-corrected chi connectivity index (χ1v) is 10.6. The fraction of sp³-hybridized carbons (Fsp3) is 0.400. The maximum absolute atomic E-state index is 13.3. The molecule has 30 heavy (non-hydrogen) atoms. The Balaban J connectivity index is 0.00000218. The van der Waals surface area contributed by atoms with E-state index in [0.29, 0.717) is 17.9 Å². The molecule has 0 radical (unpaired) electrons. The summed E-state index contributed by atoms with van der Waals surface area (Å²) in [5.74, 6) is 1.23. The van der Waals surface area contributed by atoms with Crippen molar-refractivity contribution in [2.75, 3.05) is 26.7 Å². The highest BCUT2D eigenvalue weighted by molar-refractivity contribution is 5.99. The number of rotatable bonds is 2. The summed E-state index contributed by atoms with van der Waals surface area (Å²) in [7, 11) is 2.23. The number of H-pyrrole nitrogens is 1. The zero-order valence-electron chi connectivity index (χ0n) is 18.1. The maximum Gasteiger partial charge on any atom is 0.253 e. The molecule has 2 saturated heterocycles. The predicted molar refractivity (Wildman–Crippen MR) is 124 cm³/mol. The number of aromatic nitrogens is 1. The largest absolute Gasteiger partial charge is 0.358 e. The van der Waals surface area contributed by atoms with Crippen molar-refractivity contribution in [1.82, 2.24) is 14.8 Å². The first-order chi connectivity index (χ1) is 13.9. The van der Waals surface area contributed by atoms with Crippen molar-refractivity contribution in [3.63, 3.8) is 0 Å². The van der Waals surface area contributed by atoms with Gasteiger partial charge in [-0.1, -0.05) is 24.3 Å². The van der Waals surface area contributed by atoms with Crippen LogP contribution in [0.3, 0.4) is 0 Å². The van der Waals surface area contributed by atoms with Gasteiger partial charge in [0.25, 0.3) is 5.91 Å². The number of carbonyl (C=O) groups is 1. The van der Waals surface area contributed by atoms with Gasteiger partial charge in [0.1, 0.15) is 0 Å². The van der Waals surface area contributed by atoms with E-state index in [9.17, 15) is 4.79 Å². The van der Waals surface area contributed by atoms with Crippen LogP contribution in [0.15, 0.2) is 42.5 Å². The Hall–Kier alpha value is -2.30. The monoisotopic (exact) mass is 423 g/mol. The molecule has 0 saturated carbocycles. The van der Waals surface area contributed by atoms with E-state index in [1.807, 2.05) is 12.1 Å². The fourth-order valence-corrected chi connectivity index (χ4v) is 5.59. The lowest BCUT2D eigenvalue weighted by molar-refractivity contribution is 0.0768. The molecule has 158 valence electrons. The van der Waals surface area contributed by atoms with E-state index in [2.05, 4.69) is 72.9 Å². The van der Waals surface area contributed by atoms with Crippen LogP contribution in [0.25, 0.3) is 10.9 Å². The van der Waals surface area contributed by atoms with Crippen LogP contribution in [0, 0.1) is 32.6 Å². The Morgan fingerprint density at radius 2 is 1.80 bits per heavy atom. The second kappa shape index (κ2) is 7.75. The topological polar surface area (TPSA) is 39.3 Å². The minimum Gasteiger partial charge on any atom is -0.358 e. The molecule has 2 aliphatic heterocycles. The molecule has 5 rings (SSSR count). The molecule has 0 bridgehead atoms. The van der Waals surface area contributed by atoms with Crippen molar-refractivity contribution in [3.8, 4) is 0 Å². The average Bonchev–Trinajstić information content (AvgIpc) is 3.33. The van der Waals surface area contributed by atoms with Crippen LogP contribution in [0.1, 0.15) is 38.8 Å². The van der Waals surface area contributed by atoms with Crippen LogP contribution in [-0.2, 0) is 0 Å². The zero-order valence-corrected chi connectivity index (χ0v) is 18.9. The number of aryl methyl sites for hydroxylation is 3. The summed E-state index contributed by atoms with van der Waals surface area (Å²) in [4.78, 5) is 21.3. The third kappa shape index (κ3) is 3.23. The van der Waals surface area contributed by atoms with Crippen LogP contribution < -0.4 is 0 Å². The van der Waals surface area contributed by atoms with Gasteiger partial charge in [-0.05, 0) is 68.6 Å². The number of likely N-dealkylation sites (tertiary alicyclic amines) is 2. The Morgan fingerprint density at radius 3 is 2.57 bits per heavy atom. The van der Waals surface area contributed by atoms with E-state index in [-0.39, 0.29) is 18.3 Å². The molecule has 4 nitrogen and oxygen atoms in total. The highest BCUT2D eigenvalue weighted by atomic mass is 35.5. The third-order valence-electron chi connectivity index (χ3n) is 7.24. The molecule has 3 atom stereocenters. The number of carbonyl (C=O) groups excluding carboxylic acids is 1. The summed E-state index contributed by atoms with van der Waals surface area (Å²) in [5.41, 5.74) is 7.07. The van der Waals surface area contributed by atoms with Gasteiger partial charge in [0, 0.05) is 53.8 Å². The molecule has 1 amide bonds. The van der Waals surface area contributed by atoms with Gasteiger partial charge in [-0.3, -0.25) is 9.69 Å². The molecule has 0 spiro atoms. The van der Waals surface area contributed by atoms with Gasteiger partial charge in [0.05, 0.1) is 0 Å². The van der Waals surface area contributed by atoms with Crippen LogP contribution in [0.4, 0.5) is 0 Å². The molecule has 3 aromatic rings. The van der Waals surface area contributed by atoms with E-state index in [4.69, 9.17) is 0 Å². The van der Waals surface area contributed by atoms with Crippen molar-refractivity contribution in [3.05, 3.63) is 70.4 Å². The molecular formula is C25H30ClN3O. The van der Waals surface area contributed by atoms with Gasteiger partial charge in [-0.2, -0.15) is 0 Å². The third-order valence-corrected chi connectivity index (χ3v) is 7.24. The number of fused-ring (bicyclic) bond motifs is 2. The standard InChI is InChI=1S/C25H29N3O.ClH/c1-15-7-5-6-8-20(15)24-22-14-28(13-19(22)12-27(24)4)25(29)18-9-10-23-21(11-18)16(2)17(3)26-23;/h5-11,19,22,24,26H,12-14H2,1-4H3;1H/t19-,22+,24+;/m0./s1. The highest BCUT2D eigenvalue weighted by Gasteiger charge is 2.47. The summed E-state index contributed by atoms with van der Waals surface area (Å²) in [6.07, 6.45) is 0. The maximum atomic E-state index is 13.3. The SMILES string of the molecule is Cc1ccccc1[C@@H]1[C@@H]2CN(C(=O)c3ccc4[nH]c(C)c(C)c4c3)C[C@@H]2CN1C.Cl. The van der Waals surface area contributed by atoms with Gasteiger partial charge >= 0.3 is 0 Å². The van der Waals surface area contributed by atoms with Crippen molar-refractivity contribution in [2.45, 2.75) is 26.8 Å². The second-order valence-electron chi connectivity index (χ2n) is 9.01. The molecule has 1 N–H and O–H groups in total. The summed E-state index contributed by atoms with van der Waals surface area (Å²) < 4.78 is 0. The lowest BCUT2D eigenvalue weighted by Crippen LogP contribution is -2.33. The molecule has 2 fully saturated rings. The highest BCUT2D eigenvalue weighted by Crippen LogP contribution is 2.45. The number of benzene rings is 2. The molecule has 0 aliphatic carbocycles. The summed E-state index contributed by atoms with van der Waals surface area (Å²) in [6.45, 7) is 9.16. The van der Waals surface area contributed by atoms with E-state index in [1.54, 1.807) is 0 Å². The normalized spacial score (nSPS) is 23.6. The Labute approximate surface area is 184 Å². The Kier molecular flexibility index (Phi) is 5.41. The van der Waals surface area contributed by atoms with Gasteiger partial charge in [-0.25, -0.2) is 0 Å². The van der Waals surface area contributed by atoms with Gasteiger partial charge in [0.2, 0.25) is 0 Å². The lowest BCUT2D eigenvalue weighted by atomic mass is 9.88. The minimum absolute atomic E-state index is 0. The van der Waals surface area contributed by atoms with Crippen LogP contribution in [0.5, 0.6) is 0 Å². The molecular weight excluding hydrogens is 394 g/mol. The second-order valence-corrected chi connectivity index (χ2v) is 9.01. The van der Waals surface area contributed by atoms with E-state index < -0.39 is 0 Å². The first-order valence-electron chi connectivity index (χ1n) is 10.6. The van der Waals surface area contributed by atoms with Crippen molar-refractivity contribution >= 4 is 29.2 Å². The van der Waals surface area contributed by atoms with Crippen LogP contribution in [-0.4, -0.2) is 47.4 Å². The van der Waals surface area contributed by atoms with Gasteiger partial charge < -0.3 is 9.88 Å². The number of nitrogens with one attached hydrogen (secondary N) is 1. The summed E-state index contributed by atoms with van der Waals surface area (Å²) in [6, 6.07) is 15.2. The van der Waals surface area contributed by atoms with Gasteiger partial charge in [0.15, 0.2) is 0 Å². The van der Waals surface area contributed by atoms with Crippen LogP contribution in [0.2, 0.25) is 0 Å². The molecule has 1 aromatic heterocycles. The van der Waals surface area contributed by atoms with E-state index >= 15 is 0 Å². The van der Waals surface area contributed by atoms with E-state index in [1.165, 1.54) is 22.4 Å². The molecule has 0 unspecified atom stereocenters. The fourth-order valence-electron chi connectivity index (χ4n) is 5.59. The first kappa shape index (κ1) is 21.0. The smallest absolute Gasteiger partial charge is 0.253 e. The molecule has 3 heterocycles. The quantitative estimate of drug-likeness (QED) is 0.637. The molecule has 2 aliphatic rings. The number of amides is 1. The number of nitrogens with zero attached hydrogens (tertiary/aromatic N) is 2. The molecule has 5 heteroatoms. The minimum atomic E-state index is 0. The van der Waals surface area contributed by atoms with Crippen molar-refractivity contribution in [2.24, 2.45) is 11.8 Å². The Bertz CT molecular complexity index is 1100. The van der Waals surface area contributed by atoms with E-state index in [0.717, 1.165) is 36.1 Å². The lowest BCUT2D eigenvalue weighted by Gasteiger charge is -2.28. The average molecular weight is 424 g/mol. The van der Waals surface area contributed by atoms with Crippen LogP contribution >= 0.6 is 12.4 Å².